The number of nitrogens with two attached hydrogens (primary N) is 1. The van der Waals surface area contributed by atoms with Crippen LogP contribution in [0.3, 0.4) is 0 Å². The van der Waals surface area contributed by atoms with Gasteiger partial charge in [-0.15, -0.1) is 0 Å². The van der Waals surface area contributed by atoms with E-state index in [1.54, 1.807) is 0 Å². The number of hydrogen-bond donors (Lipinski definition) is 1. The molecule has 1 aromatic heterocycles. The minimum absolute atomic E-state index is 0.0880. The smallest absolute Gasteiger partial charge is 0.140 e. The molecule has 0 fully saturated rings. The van der Waals surface area contributed by atoms with E-state index in [0.717, 1.165) is 24.4 Å². The number of aromatic nitrogens is 2. The summed E-state index contributed by atoms with van der Waals surface area (Å²) in [5, 5.41) is 5.05. The minimum atomic E-state index is -0.0880. The summed E-state index contributed by atoms with van der Waals surface area (Å²) in [6.45, 7) is 8.77. The summed E-state index contributed by atoms with van der Waals surface area (Å²) in [4.78, 5) is 12.1. The molecule has 1 heterocycles. The van der Waals surface area contributed by atoms with Crippen LogP contribution in [0.2, 0.25) is 5.02 Å². The van der Waals surface area contributed by atoms with Crippen LogP contribution < -0.4 is 5.73 Å². The number of hydrogen-bond acceptors (Lipinski definition) is 3. The first kappa shape index (κ1) is 16.2. The van der Waals surface area contributed by atoms with Crippen molar-refractivity contribution in [3.05, 3.63) is 16.4 Å². The van der Waals surface area contributed by atoms with E-state index >= 15 is 0 Å². The van der Waals surface area contributed by atoms with E-state index in [0.29, 0.717) is 23.8 Å². The largest absolute Gasteiger partial charge is 0.327 e. The Bertz CT molecular complexity index is 440. The third-order valence-corrected chi connectivity index (χ3v) is 3.81. The van der Waals surface area contributed by atoms with Gasteiger partial charge in [-0.3, -0.25) is 9.48 Å². The maximum atomic E-state index is 12.1. The van der Waals surface area contributed by atoms with Gasteiger partial charge in [0.15, 0.2) is 0 Å². The van der Waals surface area contributed by atoms with Gasteiger partial charge in [-0.25, -0.2) is 0 Å². The quantitative estimate of drug-likeness (QED) is 0.838. The van der Waals surface area contributed by atoms with Crippen LogP contribution in [0.1, 0.15) is 45.5 Å². The molecule has 0 amide bonds. The number of carbonyl (C=O) groups excluding carboxylic acids is 1. The summed E-state index contributed by atoms with van der Waals surface area (Å²) >= 11 is 6.28. The molecule has 108 valence electrons. The topological polar surface area (TPSA) is 60.9 Å². The van der Waals surface area contributed by atoms with Crippen LogP contribution in [0.5, 0.6) is 0 Å². The lowest BCUT2D eigenvalue weighted by molar-refractivity contribution is -0.119. The highest BCUT2D eigenvalue weighted by molar-refractivity contribution is 6.32. The summed E-state index contributed by atoms with van der Waals surface area (Å²) < 4.78 is 1.82. The molecule has 1 aromatic rings. The Kier molecular flexibility index (Phi) is 6.01. The fourth-order valence-electron chi connectivity index (χ4n) is 1.94. The van der Waals surface area contributed by atoms with E-state index < -0.39 is 0 Å². The van der Waals surface area contributed by atoms with Crippen molar-refractivity contribution < 1.29 is 4.79 Å². The zero-order valence-corrected chi connectivity index (χ0v) is 13.0. The predicted octanol–water partition coefficient (Wildman–Crippen LogP) is 2.60. The normalized spacial score (nSPS) is 13.0. The molecule has 0 radical (unpaired) electrons. The summed E-state index contributed by atoms with van der Waals surface area (Å²) in [5.41, 5.74) is 7.62. The highest BCUT2D eigenvalue weighted by Gasteiger charge is 2.19. The van der Waals surface area contributed by atoms with E-state index in [2.05, 4.69) is 5.10 Å². The van der Waals surface area contributed by atoms with Crippen molar-refractivity contribution in [3.8, 4) is 0 Å². The highest BCUT2D eigenvalue weighted by Crippen LogP contribution is 2.22. The van der Waals surface area contributed by atoms with Crippen molar-refractivity contribution in [2.75, 3.05) is 0 Å². The van der Waals surface area contributed by atoms with Crippen LogP contribution in [-0.4, -0.2) is 21.6 Å². The van der Waals surface area contributed by atoms with Crippen molar-refractivity contribution in [3.63, 3.8) is 0 Å². The van der Waals surface area contributed by atoms with E-state index in [4.69, 9.17) is 17.3 Å². The van der Waals surface area contributed by atoms with E-state index in [1.165, 1.54) is 0 Å². The molecule has 0 saturated heterocycles. The van der Waals surface area contributed by atoms with Crippen molar-refractivity contribution >= 4 is 17.4 Å². The van der Waals surface area contributed by atoms with E-state index in [9.17, 15) is 4.79 Å². The molecule has 1 unspecified atom stereocenters. The Morgan fingerprint density at radius 2 is 2.05 bits per heavy atom. The first-order valence-electron chi connectivity index (χ1n) is 6.91. The summed E-state index contributed by atoms with van der Waals surface area (Å²) in [6.07, 6.45) is 1.49. The van der Waals surface area contributed by atoms with Gasteiger partial charge in [0.05, 0.1) is 16.4 Å². The molecule has 0 spiro atoms. The Balaban J connectivity index is 2.81. The van der Waals surface area contributed by atoms with Crippen molar-refractivity contribution in [2.24, 2.45) is 11.7 Å². The predicted molar refractivity (Wildman–Crippen MR) is 78.4 cm³/mol. The second kappa shape index (κ2) is 7.06. The Morgan fingerprint density at radius 3 is 2.53 bits per heavy atom. The molecular weight excluding hydrogens is 262 g/mol. The lowest BCUT2D eigenvalue weighted by atomic mass is 9.98. The Morgan fingerprint density at radius 1 is 1.42 bits per heavy atom. The van der Waals surface area contributed by atoms with E-state index in [1.807, 2.05) is 32.4 Å². The molecule has 0 aliphatic carbocycles. The summed E-state index contributed by atoms with van der Waals surface area (Å²) in [7, 11) is 0. The van der Waals surface area contributed by atoms with Crippen LogP contribution >= 0.6 is 11.6 Å². The molecule has 4 nitrogen and oxygen atoms in total. The molecular formula is C14H24ClN3O. The molecule has 1 rings (SSSR count). The lowest BCUT2D eigenvalue weighted by Crippen LogP contribution is -2.30. The molecule has 0 bridgehead atoms. The van der Waals surface area contributed by atoms with Gasteiger partial charge < -0.3 is 5.73 Å². The molecule has 0 aliphatic heterocycles. The number of aryl methyl sites for hydroxylation is 2. The Labute approximate surface area is 120 Å². The Hall–Kier alpha value is -0.870. The second-order valence-corrected chi connectivity index (χ2v) is 5.58. The number of carbonyl (C=O) groups is 1. The first-order chi connectivity index (χ1) is 8.90. The number of ketones is 1. The molecule has 0 aliphatic rings. The molecule has 0 saturated carbocycles. The SMILES string of the molecule is CCc1nn(CC)c(CC(=O)CC(N)C(C)C)c1Cl. The van der Waals surface area contributed by atoms with Gasteiger partial charge >= 0.3 is 0 Å². The van der Waals surface area contributed by atoms with Gasteiger partial charge in [0.1, 0.15) is 5.78 Å². The van der Waals surface area contributed by atoms with Gasteiger partial charge in [0, 0.05) is 25.4 Å². The van der Waals surface area contributed by atoms with Crippen LogP contribution in [-0.2, 0) is 24.2 Å². The molecule has 5 heteroatoms. The fourth-order valence-corrected chi connectivity index (χ4v) is 2.28. The van der Waals surface area contributed by atoms with Crippen molar-refractivity contribution in [1.29, 1.82) is 0 Å². The van der Waals surface area contributed by atoms with Crippen molar-refractivity contribution in [1.82, 2.24) is 9.78 Å². The maximum absolute atomic E-state index is 12.1. The second-order valence-electron chi connectivity index (χ2n) is 5.20. The van der Waals surface area contributed by atoms with Crippen LogP contribution in [0.15, 0.2) is 0 Å². The zero-order valence-electron chi connectivity index (χ0n) is 12.2. The molecule has 2 N–H and O–H groups in total. The zero-order chi connectivity index (χ0) is 14.6. The summed E-state index contributed by atoms with van der Waals surface area (Å²) in [6, 6.07) is -0.0880. The average molecular weight is 286 g/mol. The van der Waals surface area contributed by atoms with Gasteiger partial charge in [0.25, 0.3) is 0 Å². The third-order valence-electron chi connectivity index (χ3n) is 3.38. The number of rotatable bonds is 7. The van der Waals surface area contributed by atoms with Gasteiger partial charge in [0.2, 0.25) is 0 Å². The third kappa shape index (κ3) is 4.05. The van der Waals surface area contributed by atoms with Gasteiger partial charge in [-0.05, 0) is 19.3 Å². The molecule has 1 atom stereocenters. The minimum Gasteiger partial charge on any atom is -0.327 e. The van der Waals surface area contributed by atoms with Gasteiger partial charge in [-0.1, -0.05) is 32.4 Å². The van der Waals surface area contributed by atoms with Gasteiger partial charge in [-0.2, -0.15) is 5.10 Å². The van der Waals surface area contributed by atoms with Crippen LogP contribution in [0, 0.1) is 5.92 Å². The number of halogens is 1. The molecule has 0 aromatic carbocycles. The van der Waals surface area contributed by atoms with Crippen LogP contribution in [0.25, 0.3) is 0 Å². The average Bonchev–Trinajstić information content (AvgIpc) is 2.66. The maximum Gasteiger partial charge on any atom is 0.140 e. The lowest BCUT2D eigenvalue weighted by Gasteiger charge is -2.14. The number of Topliss-reactive ketones (excluding diaryl/α,β-unsaturated/α-hetero) is 1. The van der Waals surface area contributed by atoms with E-state index in [-0.39, 0.29) is 11.8 Å². The van der Waals surface area contributed by atoms with Crippen molar-refractivity contribution in [2.45, 2.75) is 59.5 Å². The molecule has 19 heavy (non-hydrogen) atoms. The number of nitrogens with zero attached hydrogens (tertiary/aromatic N) is 2. The highest BCUT2D eigenvalue weighted by atomic mass is 35.5. The summed E-state index contributed by atoms with van der Waals surface area (Å²) in [5.74, 6) is 0.432. The monoisotopic (exact) mass is 285 g/mol. The van der Waals surface area contributed by atoms with Crippen LogP contribution in [0.4, 0.5) is 0 Å². The standard InChI is InChI=1S/C14H24ClN3O/c1-5-12-14(15)13(18(6-2)17-12)8-10(19)7-11(16)9(3)4/h9,11H,5-8,16H2,1-4H3. The first-order valence-corrected chi connectivity index (χ1v) is 7.29. The fraction of sp³-hybridized carbons (Fsp3) is 0.714.